The Bertz CT molecular complexity index is 898. The van der Waals surface area contributed by atoms with Gasteiger partial charge in [-0.25, -0.2) is 13.4 Å². The van der Waals surface area contributed by atoms with Crippen LogP contribution in [0.4, 0.5) is 0 Å². The zero-order valence-electron chi connectivity index (χ0n) is 14.5. The summed E-state index contributed by atoms with van der Waals surface area (Å²) in [6.45, 7) is 6.95. The Morgan fingerprint density at radius 1 is 1.12 bits per heavy atom. The molecule has 1 amide bonds. The second-order valence-corrected chi connectivity index (χ2v) is 9.19. The highest BCUT2D eigenvalue weighted by molar-refractivity contribution is 7.89. The van der Waals surface area contributed by atoms with Gasteiger partial charge in [-0.05, 0) is 32.4 Å². The lowest BCUT2D eigenvalue weighted by Gasteiger charge is -2.34. The molecule has 1 aliphatic rings. The molecule has 0 saturated carbocycles. The number of amides is 1. The second-order valence-electron chi connectivity index (χ2n) is 6.22. The molecule has 0 radical (unpaired) electrons. The van der Waals surface area contributed by atoms with Crippen molar-refractivity contribution in [3.8, 4) is 0 Å². The quantitative estimate of drug-likeness (QED) is 0.820. The van der Waals surface area contributed by atoms with Gasteiger partial charge in [-0.3, -0.25) is 4.79 Å². The zero-order valence-corrected chi connectivity index (χ0v) is 16.2. The third kappa shape index (κ3) is 3.61. The second kappa shape index (κ2) is 6.86. The van der Waals surface area contributed by atoms with E-state index in [4.69, 9.17) is 0 Å². The van der Waals surface area contributed by atoms with Gasteiger partial charge < -0.3 is 4.90 Å². The van der Waals surface area contributed by atoms with Crippen molar-refractivity contribution in [2.75, 3.05) is 26.2 Å². The molecule has 0 spiro atoms. The Kier molecular flexibility index (Phi) is 4.95. The molecular weight excluding hydrogens is 358 g/mol. The van der Waals surface area contributed by atoms with Gasteiger partial charge in [0.2, 0.25) is 10.0 Å². The molecular formula is C17H21N3O3S2. The maximum Gasteiger partial charge on any atom is 0.273 e. The van der Waals surface area contributed by atoms with Crippen LogP contribution in [0, 0.1) is 20.8 Å². The maximum absolute atomic E-state index is 12.9. The van der Waals surface area contributed by atoms with E-state index in [-0.39, 0.29) is 5.91 Å². The monoisotopic (exact) mass is 379 g/mol. The van der Waals surface area contributed by atoms with E-state index in [1.807, 2.05) is 32.9 Å². The number of piperazine rings is 1. The van der Waals surface area contributed by atoms with E-state index in [1.165, 1.54) is 15.6 Å². The number of nitrogens with zero attached hydrogens (tertiary/aromatic N) is 3. The summed E-state index contributed by atoms with van der Waals surface area (Å²) in [5.74, 6) is -0.132. The van der Waals surface area contributed by atoms with Crippen LogP contribution in [0.5, 0.6) is 0 Å². The molecule has 134 valence electrons. The van der Waals surface area contributed by atoms with Crippen LogP contribution in [0.3, 0.4) is 0 Å². The van der Waals surface area contributed by atoms with Crippen molar-refractivity contribution in [2.24, 2.45) is 0 Å². The van der Waals surface area contributed by atoms with Gasteiger partial charge in [-0.1, -0.05) is 17.7 Å². The van der Waals surface area contributed by atoms with E-state index >= 15 is 0 Å². The topological polar surface area (TPSA) is 70.6 Å². The number of carbonyl (C=O) groups is 1. The van der Waals surface area contributed by atoms with Gasteiger partial charge in [0.1, 0.15) is 5.69 Å². The Balaban J connectivity index is 1.72. The maximum atomic E-state index is 12.9. The van der Waals surface area contributed by atoms with E-state index in [2.05, 4.69) is 4.98 Å². The Morgan fingerprint density at radius 2 is 1.80 bits per heavy atom. The molecule has 1 aromatic heterocycles. The summed E-state index contributed by atoms with van der Waals surface area (Å²) in [4.78, 5) is 18.7. The zero-order chi connectivity index (χ0) is 18.2. The molecule has 25 heavy (non-hydrogen) atoms. The number of hydrogen-bond donors (Lipinski definition) is 0. The van der Waals surface area contributed by atoms with Gasteiger partial charge in [0.25, 0.3) is 5.91 Å². The van der Waals surface area contributed by atoms with Crippen LogP contribution >= 0.6 is 11.3 Å². The summed E-state index contributed by atoms with van der Waals surface area (Å²) in [7, 11) is -3.54. The van der Waals surface area contributed by atoms with Crippen molar-refractivity contribution in [3.63, 3.8) is 0 Å². The summed E-state index contributed by atoms with van der Waals surface area (Å²) in [6.07, 6.45) is 0. The highest BCUT2D eigenvalue weighted by Crippen LogP contribution is 2.22. The first-order valence-corrected chi connectivity index (χ1v) is 10.4. The normalized spacial score (nSPS) is 16.2. The van der Waals surface area contributed by atoms with Gasteiger partial charge in [0, 0.05) is 31.6 Å². The van der Waals surface area contributed by atoms with Gasteiger partial charge in [-0.2, -0.15) is 4.31 Å². The van der Waals surface area contributed by atoms with E-state index in [0.29, 0.717) is 36.8 Å². The first-order valence-electron chi connectivity index (χ1n) is 8.08. The summed E-state index contributed by atoms with van der Waals surface area (Å²) >= 11 is 1.44. The molecule has 8 heteroatoms. The SMILES string of the molecule is Cc1ccc(S(=O)(=O)N2CCN(C(=O)c3csc(C)n3)CC2)c(C)c1. The fourth-order valence-electron chi connectivity index (χ4n) is 2.98. The van der Waals surface area contributed by atoms with E-state index in [9.17, 15) is 13.2 Å². The molecule has 2 aromatic rings. The van der Waals surface area contributed by atoms with Crippen molar-refractivity contribution in [1.82, 2.24) is 14.2 Å². The van der Waals surface area contributed by atoms with Crippen LogP contribution in [0.15, 0.2) is 28.5 Å². The van der Waals surface area contributed by atoms with E-state index in [1.54, 1.807) is 16.3 Å². The fraction of sp³-hybridized carbons (Fsp3) is 0.412. The third-order valence-corrected chi connectivity index (χ3v) is 7.14. The lowest BCUT2D eigenvalue weighted by Crippen LogP contribution is -2.50. The third-order valence-electron chi connectivity index (χ3n) is 4.31. The number of aryl methyl sites for hydroxylation is 3. The van der Waals surface area contributed by atoms with Crippen molar-refractivity contribution >= 4 is 27.3 Å². The fourth-order valence-corrected chi connectivity index (χ4v) is 5.20. The van der Waals surface area contributed by atoms with Gasteiger partial charge >= 0.3 is 0 Å². The minimum absolute atomic E-state index is 0.132. The van der Waals surface area contributed by atoms with E-state index < -0.39 is 10.0 Å². The largest absolute Gasteiger partial charge is 0.335 e. The number of aromatic nitrogens is 1. The Labute approximate surface area is 152 Å². The minimum atomic E-state index is -3.54. The van der Waals surface area contributed by atoms with Crippen molar-refractivity contribution < 1.29 is 13.2 Å². The van der Waals surface area contributed by atoms with Crippen LogP contribution in [-0.4, -0.2) is 54.7 Å². The molecule has 0 aliphatic carbocycles. The first-order chi connectivity index (χ1) is 11.8. The molecule has 1 aromatic carbocycles. The van der Waals surface area contributed by atoms with Gasteiger partial charge in [0.05, 0.1) is 9.90 Å². The van der Waals surface area contributed by atoms with Gasteiger partial charge in [-0.15, -0.1) is 11.3 Å². The standard InChI is InChI=1S/C17H21N3O3S2/c1-12-4-5-16(13(2)10-12)25(22,23)20-8-6-19(7-9-20)17(21)15-11-24-14(3)18-15/h4-5,10-11H,6-9H2,1-3H3. The lowest BCUT2D eigenvalue weighted by atomic mass is 10.2. The molecule has 0 N–H and O–H groups in total. The van der Waals surface area contributed by atoms with Crippen LogP contribution in [0.1, 0.15) is 26.6 Å². The van der Waals surface area contributed by atoms with Crippen LogP contribution in [0.2, 0.25) is 0 Å². The minimum Gasteiger partial charge on any atom is -0.335 e. The van der Waals surface area contributed by atoms with Crippen molar-refractivity contribution in [2.45, 2.75) is 25.7 Å². The van der Waals surface area contributed by atoms with Gasteiger partial charge in [0.15, 0.2) is 0 Å². The summed E-state index contributed by atoms with van der Waals surface area (Å²) in [5, 5.41) is 2.59. The predicted octanol–water partition coefficient (Wildman–Crippen LogP) is 2.22. The molecule has 0 bridgehead atoms. The summed E-state index contributed by atoms with van der Waals surface area (Å²) in [6, 6.07) is 5.34. The van der Waals surface area contributed by atoms with Crippen LogP contribution < -0.4 is 0 Å². The number of rotatable bonds is 3. The first kappa shape index (κ1) is 18.0. The highest BCUT2D eigenvalue weighted by atomic mass is 32.2. The Hall–Kier alpha value is -1.77. The molecule has 2 heterocycles. The van der Waals surface area contributed by atoms with Crippen LogP contribution in [0.25, 0.3) is 0 Å². The molecule has 6 nitrogen and oxygen atoms in total. The summed E-state index contributed by atoms with van der Waals surface area (Å²) in [5.41, 5.74) is 2.22. The molecule has 1 saturated heterocycles. The van der Waals surface area contributed by atoms with Crippen LogP contribution in [-0.2, 0) is 10.0 Å². The average molecular weight is 380 g/mol. The number of thiazole rings is 1. The Morgan fingerprint density at radius 3 is 2.36 bits per heavy atom. The molecule has 0 atom stereocenters. The highest BCUT2D eigenvalue weighted by Gasteiger charge is 2.31. The number of carbonyl (C=O) groups excluding carboxylic acids is 1. The van der Waals surface area contributed by atoms with E-state index in [0.717, 1.165) is 16.1 Å². The van der Waals surface area contributed by atoms with Crippen molar-refractivity contribution in [3.05, 3.63) is 45.4 Å². The summed E-state index contributed by atoms with van der Waals surface area (Å²) < 4.78 is 27.2. The number of benzene rings is 1. The lowest BCUT2D eigenvalue weighted by molar-refractivity contribution is 0.0692. The molecule has 0 unspecified atom stereocenters. The number of sulfonamides is 1. The number of hydrogen-bond acceptors (Lipinski definition) is 5. The predicted molar refractivity (Wildman–Crippen MR) is 97.4 cm³/mol. The molecule has 3 rings (SSSR count). The smallest absolute Gasteiger partial charge is 0.273 e. The van der Waals surface area contributed by atoms with Crippen molar-refractivity contribution in [1.29, 1.82) is 0 Å². The average Bonchev–Trinajstić information content (AvgIpc) is 3.00. The molecule has 1 aliphatic heterocycles. The molecule has 1 fully saturated rings.